The van der Waals surface area contributed by atoms with Crippen LogP contribution in [0, 0.1) is 5.82 Å². The summed E-state index contributed by atoms with van der Waals surface area (Å²) in [6, 6.07) is 6.20. The van der Waals surface area contributed by atoms with Crippen molar-refractivity contribution in [1.82, 2.24) is 15.0 Å². The van der Waals surface area contributed by atoms with Gasteiger partial charge in [-0.1, -0.05) is 38.1 Å². The lowest BCUT2D eigenvalue weighted by molar-refractivity contribution is -0.128. The summed E-state index contributed by atoms with van der Waals surface area (Å²) in [5.74, 6) is 0.864. The lowest BCUT2D eigenvalue weighted by Gasteiger charge is -2.16. The molecule has 1 atom stereocenters. The molecule has 2 heterocycles. The molecule has 1 amide bonds. The minimum absolute atomic E-state index is 0.0508. The highest BCUT2D eigenvalue weighted by Crippen LogP contribution is 2.29. The summed E-state index contributed by atoms with van der Waals surface area (Å²) in [6.07, 6.45) is 0.368. The Bertz CT molecular complexity index is 703. The van der Waals surface area contributed by atoms with Crippen LogP contribution in [0.25, 0.3) is 0 Å². The van der Waals surface area contributed by atoms with Crippen molar-refractivity contribution < 1.29 is 13.7 Å². The molecule has 23 heavy (non-hydrogen) atoms. The highest BCUT2D eigenvalue weighted by Gasteiger charge is 2.35. The zero-order chi connectivity index (χ0) is 16.6. The van der Waals surface area contributed by atoms with Crippen LogP contribution in [0.1, 0.15) is 50.4 Å². The predicted octanol–water partition coefficient (Wildman–Crippen LogP) is 3.02. The first-order chi connectivity index (χ1) is 10.8. The molecule has 1 aliphatic rings. The van der Waals surface area contributed by atoms with E-state index in [9.17, 15) is 9.18 Å². The average Bonchev–Trinajstić information content (AvgIpc) is 3.08. The van der Waals surface area contributed by atoms with E-state index in [1.165, 1.54) is 12.1 Å². The van der Waals surface area contributed by atoms with Gasteiger partial charge in [-0.3, -0.25) is 4.79 Å². The Morgan fingerprint density at radius 1 is 1.30 bits per heavy atom. The molecule has 0 bridgehead atoms. The maximum absolute atomic E-state index is 13.0. The van der Waals surface area contributed by atoms with Crippen molar-refractivity contribution in [3.05, 3.63) is 47.4 Å². The fraction of sp³-hybridized carbons (Fsp3) is 0.471. The summed E-state index contributed by atoms with van der Waals surface area (Å²) in [4.78, 5) is 18.4. The molecule has 0 radical (unpaired) electrons. The monoisotopic (exact) mass is 317 g/mol. The Morgan fingerprint density at radius 2 is 2.00 bits per heavy atom. The number of amides is 1. The molecule has 0 N–H and O–H groups in total. The smallest absolute Gasteiger partial charge is 0.232 e. The van der Waals surface area contributed by atoms with Crippen molar-refractivity contribution in [3.63, 3.8) is 0 Å². The second-order valence-electron chi connectivity index (χ2n) is 7.01. The molecule has 0 spiro atoms. The summed E-state index contributed by atoms with van der Waals surface area (Å²) in [7, 11) is 0. The van der Waals surface area contributed by atoms with Crippen molar-refractivity contribution >= 4 is 5.91 Å². The third kappa shape index (κ3) is 3.41. The molecule has 6 heteroatoms. The van der Waals surface area contributed by atoms with E-state index in [0.29, 0.717) is 31.2 Å². The SMILES string of the molecule is CC(C)(C)c1noc(C2CC(=O)N(Cc3ccc(F)cc3)C2)n1. The Morgan fingerprint density at radius 3 is 2.61 bits per heavy atom. The fourth-order valence-electron chi connectivity index (χ4n) is 2.61. The van der Waals surface area contributed by atoms with Crippen molar-refractivity contribution in [3.8, 4) is 0 Å². The molecule has 1 aromatic carbocycles. The molecule has 2 aromatic rings. The van der Waals surface area contributed by atoms with Gasteiger partial charge >= 0.3 is 0 Å². The topological polar surface area (TPSA) is 59.2 Å². The van der Waals surface area contributed by atoms with Gasteiger partial charge in [0.25, 0.3) is 0 Å². The van der Waals surface area contributed by atoms with Gasteiger partial charge in [0.2, 0.25) is 11.8 Å². The summed E-state index contributed by atoms with van der Waals surface area (Å²) < 4.78 is 18.3. The van der Waals surface area contributed by atoms with E-state index in [0.717, 1.165) is 5.56 Å². The summed E-state index contributed by atoms with van der Waals surface area (Å²) in [5.41, 5.74) is 0.722. The van der Waals surface area contributed by atoms with Gasteiger partial charge in [-0.15, -0.1) is 0 Å². The van der Waals surface area contributed by atoms with Gasteiger partial charge in [-0.05, 0) is 17.7 Å². The molecule has 1 unspecified atom stereocenters. The first-order valence-corrected chi connectivity index (χ1v) is 7.69. The van der Waals surface area contributed by atoms with E-state index < -0.39 is 0 Å². The lowest BCUT2D eigenvalue weighted by atomic mass is 9.96. The number of carbonyl (C=O) groups is 1. The lowest BCUT2D eigenvalue weighted by Crippen LogP contribution is -2.24. The van der Waals surface area contributed by atoms with Gasteiger partial charge in [-0.25, -0.2) is 4.39 Å². The van der Waals surface area contributed by atoms with Crippen molar-refractivity contribution in [2.45, 2.75) is 45.1 Å². The highest BCUT2D eigenvalue weighted by atomic mass is 19.1. The van der Waals surface area contributed by atoms with Crippen LogP contribution in [0.5, 0.6) is 0 Å². The van der Waals surface area contributed by atoms with Crippen LogP contribution >= 0.6 is 0 Å². The van der Waals surface area contributed by atoms with Gasteiger partial charge < -0.3 is 9.42 Å². The standard InChI is InChI=1S/C17H20FN3O2/c1-17(2,3)16-19-15(23-20-16)12-8-14(22)21(10-12)9-11-4-6-13(18)7-5-11/h4-7,12H,8-10H2,1-3H3. The number of nitrogens with zero attached hydrogens (tertiary/aromatic N) is 3. The Hall–Kier alpha value is -2.24. The number of hydrogen-bond acceptors (Lipinski definition) is 4. The Labute approximate surface area is 134 Å². The Balaban J connectivity index is 1.69. The minimum Gasteiger partial charge on any atom is -0.339 e. The second kappa shape index (κ2) is 5.76. The predicted molar refractivity (Wildman–Crippen MR) is 82.2 cm³/mol. The third-order valence-corrected chi connectivity index (χ3v) is 3.96. The molecule has 1 fully saturated rings. The molecule has 1 aromatic heterocycles. The van der Waals surface area contributed by atoms with Gasteiger partial charge in [0.15, 0.2) is 5.82 Å². The number of benzene rings is 1. The number of carbonyl (C=O) groups excluding carboxylic acids is 1. The van der Waals surface area contributed by atoms with Gasteiger partial charge in [0.05, 0.1) is 5.92 Å². The van der Waals surface area contributed by atoms with Crippen LogP contribution in [0.4, 0.5) is 4.39 Å². The average molecular weight is 317 g/mol. The zero-order valence-electron chi connectivity index (χ0n) is 13.5. The number of aromatic nitrogens is 2. The van der Waals surface area contributed by atoms with E-state index >= 15 is 0 Å². The molecular formula is C17H20FN3O2. The zero-order valence-corrected chi connectivity index (χ0v) is 13.5. The maximum atomic E-state index is 13.0. The van der Waals surface area contributed by atoms with E-state index in [-0.39, 0.29) is 23.1 Å². The molecule has 3 rings (SSSR count). The summed E-state index contributed by atoms with van der Waals surface area (Å²) >= 11 is 0. The van der Waals surface area contributed by atoms with Crippen molar-refractivity contribution in [2.75, 3.05) is 6.54 Å². The minimum atomic E-state index is -0.278. The van der Waals surface area contributed by atoms with Crippen LogP contribution < -0.4 is 0 Å². The molecule has 1 aliphatic heterocycles. The van der Waals surface area contributed by atoms with Crippen LogP contribution in [0.15, 0.2) is 28.8 Å². The first-order valence-electron chi connectivity index (χ1n) is 7.69. The maximum Gasteiger partial charge on any atom is 0.232 e. The van der Waals surface area contributed by atoms with Gasteiger partial charge in [-0.2, -0.15) is 4.98 Å². The number of hydrogen-bond donors (Lipinski definition) is 0. The molecule has 1 saturated heterocycles. The van der Waals surface area contributed by atoms with Gasteiger partial charge in [0, 0.05) is 24.9 Å². The van der Waals surface area contributed by atoms with Gasteiger partial charge in [0.1, 0.15) is 5.82 Å². The normalized spacial score (nSPS) is 18.7. The molecule has 0 aliphatic carbocycles. The van der Waals surface area contributed by atoms with Crippen LogP contribution in [0.3, 0.4) is 0 Å². The van der Waals surface area contributed by atoms with Crippen LogP contribution in [-0.4, -0.2) is 27.5 Å². The van der Waals surface area contributed by atoms with E-state index in [4.69, 9.17) is 4.52 Å². The highest BCUT2D eigenvalue weighted by molar-refractivity contribution is 5.79. The van der Waals surface area contributed by atoms with E-state index in [1.807, 2.05) is 20.8 Å². The van der Waals surface area contributed by atoms with Crippen LogP contribution in [-0.2, 0) is 16.8 Å². The molecule has 0 saturated carbocycles. The fourth-order valence-corrected chi connectivity index (χ4v) is 2.61. The van der Waals surface area contributed by atoms with Crippen molar-refractivity contribution in [1.29, 1.82) is 0 Å². The number of likely N-dealkylation sites (tertiary alicyclic amines) is 1. The quantitative estimate of drug-likeness (QED) is 0.873. The summed E-state index contributed by atoms with van der Waals surface area (Å²) in [5, 5.41) is 4.02. The third-order valence-electron chi connectivity index (χ3n) is 3.96. The number of halogens is 1. The first kappa shape index (κ1) is 15.6. The number of rotatable bonds is 3. The van der Waals surface area contributed by atoms with E-state index in [2.05, 4.69) is 10.1 Å². The largest absolute Gasteiger partial charge is 0.339 e. The van der Waals surface area contributed by atoms with E-state index in [1.54, 1.807) is 17.0 Å². The molecule has 122 valence electrons. The molecular weight excluding hydrogens is 297 g/mol. The second-order valence-corrected chi connectivity index (χ2v) is 7.01. The van der Waals surface area contributed by atoms with Crippen molar-refractivity contribution in [2.24, 2.45) is 0 Å². The molecule has 5 nitrogen and oxygen atoms in total. The summed E-state index contributed by atoms with van der Waals surface area (Å²) in [6.45, 7) is 7.06. The Kier molecular flexibility index (Phi) is 3.92. The van der Waals surface area contributed by atoms with Crippen LogP contribution in [0.2, 0.25) is 0 Å².